The van der Waals surface area contributed by atoms with Crippen LogP contribution in [0.3, 0.4) is 0 Å². The molecule has 0 aromatic heterocycles. The Labute approximate surface area is 305 Å². The Morgan fingerprint density at radius 3 is 2.45 bits per heavy atom. The van der Waals surface area contributed by atoms with Gasteiger partial charge in [0.05, 0.1) is 43.7 Å². The minimum Gasteiger partial charge on any atom is -0.394 e. The van der Waals surface area contributed by atoms with Gasteiger partial charge < -0.3 is 24.4 Å². The first-order chi connectivity index (χ1) is 24.9. The zero-order valence-electron chi connectivity index (χ0n) is 29.4. The number of hydrogen-bond acceptors (Lipinski definition) is 9. The standard InChI is InChI=1S/C21H25N3O2S.C20H21FN2O/c25-14-16-26-15-13-23-9-11-24(12-10-23)21-17-5-1-3-7-19(17)27-20-8-4-2-6-18(20)22-21;1-23(2)11-3-10-20(17-5-7-18(21)8-6-17)19-9-4-15(13-22)12-16(19)14-24-20/h1-8,25H,9-16H2;4-9,12H,3,10-11,14H2,1-2H3. The highest BCUT2D eigenvalue weighted by Crippen LogP contribution is 2.46. The molecule has 3 aliphatic heterocycles. The monoisotopic (exact) mass is 707 g/mol. The topological polar surface area (TPSA) is 84.6 Å². The largest absolute Gasteiger partial charge is 0.394 e. The fraction of sp³-hybridized carbons (Fsp3) is 0.366. The Morgan fingerprint density at radius 2 is 1.71 bits per heavy atom. The molecule has 4 aromatic carbocycles. The second-order valence-corrected chi connectivity index (χ2v) is 14.3. The molecule has 3 aliphatic rings. The Hall–Kier alpha value is -4.08. The second-order valence-electron chi connectivity index (χ2n) is 13.2. The lowest BCUT2D eigenvalue weighted by Gasteiger charge is -2.36. The SMILES string of the molecule is CN(C)CCCC1(c2ccc(F)cc2)OCc2cc(C#N)ccc21.OCCOCCN1CCN(C2=Nc3ccccc3Sc3ccccc32)CC1. The van der Waals surface area contributed by atoms with Crippen LogP contribution in [0.5, 0.6) is 0 Å². The van der Waals surface area contributed by atoms with Gasteiger partial charge in [0.2, 0.25) is 0 Å². The summed E-state index contributed by atoms with van der Waals surface area (Å²) < 4.78 is 25.0. The van der Waals surface area contributed by atoms with Crippen LogP contribution in [0.15, 0.2) is 106 Å². The first-order valence-corrected chi connectivity index (χ1v) is 18.4. The number of ether oxygens (including phenoxy) is 2. The summed E-state index contributed by atoms with van der Waals surface area (Å²) in [4.78, 5) is 14.5. The zero-order chi connectivity index (χ0) is 35.6. The highest BCUT2D eigenvalue weighted by molar-refractivity contribution is 7.99. The van der Waals surface area contributed by atoms with Crippen LogP contribution in [-0.4, -0.2) is 98.8 Å². The molecule has 0 bridgehead atoms. The third kappa shape index (κ3) is 8.87. The average molecular weight is 708 g/mol. The molecule has 4 aromatic rings. The number of aliphatic hydroxyl groups is 1. The van der Waals surface area contributed by atoms with Crippen molar-refractivity contribution < 1.29 is 19.0 Å². The fourth-order valence-electron chi connectivity index (χ4n) is 6.86. The number of nitriles is 1. The normalized spacial score (nSPS) is 18.1. The molecule has 1 fully saturated rings. The van der Waals surface area contributed by atoms with E-state index in [1.807, 2.05) is 32.3 Å². The van der Waals surface area contributed by atoms with Gasteiger partial charge in [-0.2, -0.15) is 5.26 Å². The summed E-state index contributed by atoms with van der Waals surface area (Å²) in [5.41, 5.74) is 5.45. The predicted molar refractivity (Wildman–Crippen MR) is 200 cm³/mol. The van der Waals surface area contributed by atoms with Gasteiger partial charge in [-0.25, -0.2) is 9.38 Å². The van der Waals surface area contributed by atoms with Crippen molar-refractivity contribution in [3.8, 4) is 6.07 Å². The van der Waals surface area contributed by atoms with Gasteiger partial charge in [-0.15, -0.1) is 0 Å². The number of piperazine rings is 1. The number of aliphatic hydroxyl groups excluding tert-OH is 1. The van der Waals surface area contributed by atoms with Gasteiger partial charge in [0, 0.05) is 48.1 Å². The number of hydrogen-bond donors (Lipinski definition) is 1. The van der Waals surface area contributed by atoms with Gasteiger partial charge in [-0.1, -0.05) is 60.3 Å². The number of para-hydroxylation sites is 1. The van der Waals surface area contributed by atoms with Crippen LogP contribution in [-0.2, 0) is 21.7 Å². The molecule has 266 valence electrons. The van der Waals surface area contributed by atoms with Crippen LogP contribution in [0.2, 0.25) is 0 Å². The first-order valence-electron chi connectivity index (χ1n) is 17.6. The Balaban J connectivity index is 0.000000177. The van der Waals surface area contributed by atoms with Crippen molar-refractivity contribution >= 4 is 23.3 Å². The van der Waals surface area contributed by atoms with Crippen molar-refractivity contribution in [2.75, 3.05) is 73.2 Å². The van der Waals surface area contributed by atoms with E-state index in [9.17, 15) is 4.39 Å². The van der Waals surface area contributed by atoms with Gasteiger partial charge in [-0.05, 0) is 92.6 Å². The summed E-state index contributed by atoms with van der Waals surface area (Å²) in [6.07, 6.45) is 1.78. The summed E-state index contributed by atoms with van der Waals surface area (Å²) in [6, 6.07) is 31.4. The Kier molecular flexibility index (Phi) is 12.5. The number of aliphatic imine (C=N–C) groups is 1. The van der Waals surface area contributed by atoms with Crippen molar-refractivity contribution in [1.29, 1.82) is 5.26 Å². The number of nitrogens with zero attached hydrogens (tertiary/aromatic N) is 5. The van der Waals surface area contributed by atoms with Crippen molar-refractivity contribution in [3.05, 3.63) is 125 Å². The summed E-state index contributed by atoms with van der Waals surface area (Å²) in [6.45, 7) is 7.44. The van der Waals surface area contributed by atoms with E-state index >= 15 is 0 Å². The van der Waals surface area contributed by atoms with Gasteiger partial charge >= 0.3 is 0 Å². The molecule has 0 radical (unpaired) electrons. The van der Waals surface area contributed by atoms with Crippen LogP contribution in [0.4, 0.5) is 10.1 Å². The van der Waals surface area contributed by atoms with E-state index in [2.05, 4.69) is 69.3 Å². The van der Waals surface area contributed by atoms with E-state index < -0.39 is 5.60 Å². The molecule has 1 saturated heterocycles. The maximum atomic E-state index is 13.4. The van der Waals surface area contributed by atoms with Crippen molar-refractivity contribution in [1.82, 2.24) is 14.7 Å². The highest BCUT2D eigenvalue weighted by atomic mass is 32.2. The molecular formula is C41H46FN5O3S. The summed E-state index contributed by atoms with van der Waals surface area (Å²) in [7, 11) is 4.10. The van der Waals surface area contributed by atoms with Crippen LogP contribution in [0, 0.1) is 17.1 Å². The average Bonchev–Trinajstić information content (AvgIpc) is 3.43. The van der Waals surface area contributed by atoms with E-state index in [-0.39, 0.29) is 12.4 Å². The quantitative estimate of drug-likeness (QED) is 0.183. The lowest BCUT2D eigenvalue weighted by Crippen LogP contribution is -2.49. The van der Waals surface area contributed by atoms with E-state index in [0.717, 1.165) is 80.3 Å². The smallest absolute Gasteiger partial charge is 0.137 e. The van der Waals surface area contributed by atoms with Crippen LogP contribution in [0.1, 0.15) is 40.7 Å². The number of fused-ring (bicyclic) bond motifs is 3. The molecule has 0 amide bonds. The molecule has 0 spiro atoms. The third-order valence-electron chi connectivity index (χ3n) is 9.49. The fourth-order valence-corrected chi connectivity index (χ4v) is 7.88. The van der Waals surface area contributed by atoms with Crippen LogP contribution >= 0.6 is 11.8 Å². The van der Waals surface area contributed by atoms with Crippen LogP contribution in [0.25, 0.3) is 0 Å². The molecule has 7 rings (SSSR count). The number of halogens is 1. The molecule has 3 heterocycles. The molecule has 8 nitrogen and oxygen atoms in total. The lowest BCUT2D eigenvalue weighted by molar-refractivity contribution is -0.0140. The highest BCUT2D eigenvalue weighted by Gasteiger charge is 2.41. The van der Waals surface area contributed by atoms with Gasteiger partial charge in [0.1, 0.15) is 17.3 Å². The van der Waals surface area contributed by atoms with Gasteiger partial charge in [-0.3, -0.25) is 4.90 Å². The minimum absolute atomic E-state index is 0.0898. The predicted octanol–water partition coefficient (Wildman–Crippen LogP) is 6.67. The van der Waals surface area contributed by atoms with E-state index in [4.69, 9.17) is 24.8 Å². The Morgan fingerprint density at radius 1 is 0.961 bits per heavy atom. The van der Waals surface area contributed by atoms with E-state index in [1.54, 1.807) is 23.9 Å². The second kappa shape index (κ2) is 17.4. The molecule has 51 heavy (non-hydrogen) atoms. The zero-order valence-corrected chi connectivity index (χ0v) is 30.2. The molecule has 0 aliphatic carbocycles. The number of amidine groups is 1. The first kappa shape index (κ1) is 36.7. The van der Waals surface area contributed by atoms with Gasteiger partial charge in [0.15, 0.2) is 0 Å². The molecule has 10 heteroatoms. The molecular weight excluding hydrogens is 662 g/mol. The molecule has 1 N–H and O–H groups in total. The van der Waals surface area contributed by atoms with E-state index in [0.29, 0.717) is 25.4 Å². The minimum atomic E-state index is -0.562. The summed E-state index contributed by atoms with van der Waals surface area (Å²) >= 11 is 1.80. The van der Waals surface area contributed by atoms with Crippen molar-refractivity contribution in [3.63, 3.8) is 0 Å². The summed E-state index contributed by atoms with van der Waals surface area (Å²) in [5.74, 6) is 0.833. The maximum Gasteiger partial charge on any atom is 0.137 e. The van der Waals surface area contributed by atoms with Gasteiger partial charge in [0.25, 0.3) is 0 Å². The van der Waals surface area contributed by atoms with Crippen LogP contribution < -0.4 is 0 Å². The Bertz CT molecular complexity index is 1840. The number of benzene rings is 4. The maximum absolute atomic E-state index is 13.4. The van der Waals surface area contributed by atoms with Crippen molar-refractivity contribution in [2.24, 2.45) is 4.99 Å². The molecule has 1 unspecified atom stereocenters. The third-order valence-corrected chi connectivity index (χ3v) is 10.6. The molecule has 1 atom stereocenters. The lowest BCUT2D eigenvalue weighted by atomic mass is 9.81. The number of rotatable bonds is 10. The molecule has 0 saturated carbocycles. The summed E-state index contributed by atoms with van der Waals surface area (Å²) in [5, 5.41) is 17.9. The van der Waals surface area contributed by atoms with Crippen molar-refractivity contribution in [2.45, 2.75) is 34.8 Å². The van der Waals surface area contributed by atoms with E-state index in [1.165, 1.54) is 27.5 Å².